The van der Waals surface area contributed by atoms with Gasteiger partial charge in [-0.15, -0.1) is 0 Å². The van der Waals surface area contributed by atoms with E-state index < -0.39 is 0 Å². The van der Waals surface area contributed by atoms with Gasteiger partial charge >= 0.3 is 0 Å². The lowest BCUT2D eigenvalue weighted by atomic mass is 9.96. The molecule has 0 saturated heterocycles. The molecule has 3 rings (SSSR count). The molecule has 19 heavy (non-hydrogen) atoms. The molecule has 0 aromatic heterocycles. The maximum atomic E-state index is 13.3. The van der Waals surface area contributed by atoms with E-state index in [-0.39, 0.29) is 5.82 Å². The monoisotopic (exact) mass is 257 g/mol. The van der Waals surface area contributed by atoms with Gasteiger partial charge in [0.25, 0.3) is 0 Å². The summed E-state index contributed by atoms with van der Waals surface area (Å²) in [6.07, 6.45) is 0. The number of halogens is 1. The zero-order valence-corrected chi connectivity index (χ0v) is 11.0. The molecule has 3 nitrogen and oxygen atoms in total. The van der Waals surface area contributed by atoms with Crippen LogP contribution in [0.3, 0.4) is 0 Å². The van der Waals surface area contributed by atoms with Crippen molar-refractivity contribution in [1.82, 2.24) is 0 Å². The number of guanidine groups is 1. The molecular formula is C15H16FN3. The summed E-state index contributed by atoms with van der Waals surface area (Å²) < 4.78 is 13.3. The number of rotatable bonds is 0. The van der Waals surface area contributed by atoms with Crippen molar-refractivity contribution < 1.29 is 4.39 Å². The smallest absolute Gasteiger partial charge is 0.195 e. The molecule has 1 atom stereocenters. The van der Waals surface area contributed by atoms with Gasteiger partial charge in [-0.25, -0.2) is 4.39 Å². The molecule has 0 saturated carbocycles. The Labute approximate surface area is 111 Å². The van der Waals surface area contributed by atoms with Crippen LogP contribution in [0.5, 0.6) is 0 Å². The van der Waals surface area contributed by atoms with Crippen molar-refractivity contribution in [1.29, 1.82) is 0 Å². The molecule has 1 heterocycles. The van der Waals surface area contributed by atoms with Gasteiger partial charge in [-0.3, -0.25) is 4.99 Å². The molecular weight excluding hydrogens is 241 g/mol. The Kier molecular flexibility index (Phi) is 2.66. The van der Waals surface area contributed by atoms with Gasteiger partial charge in [-0.2, -0.15) is 0 Å². The van der Waals surface area contributed by atoms with Gasteiger partial charge in [0.1, 0.15) is 5.82 Å². The lowest BCUT2D eigenvalue weighted by Crippen LogP contribution is -2.36. The summed E-state index contributed by atoms with van der Waals surface area (Å²) in [4.78, 5) is 6.08. The van der Waals surface area contributed by atoms with Gasteiger partial charge in [0.2, 0.25) is 0 Å². The van der Waals surface area contributed by atoms with E-state index in [2.05, 4.69) is 11.9 Å². The summed E-state index contributed by atoms with van der Waals surface area (Å²) in [5.41, 5.74) is 8.24. The first-order valence-electron chi connectivity index (χ1n) is 6.33. The van der Waals surface area contributed by atoms with E-state index in [4.69, 9.17) is 5.73 Å². The largest absolute Gasteiger partial charge is 0.370 e. The highest BCUT2D eigenvalue weighted by atomic mass is 19.1. The fraction of sp³-hybridized carbons (Fsp3) is 0.267. The second-order valence-corrected chi connectivity index (χ2v) is 4.96. The molecule has 0 spiro atoms. The molecule has 0 aliphatic carbocycles. The van der Waals surface area contributed by atoms with E-state index in [1.165, 1.54) is 11.6 Å². The van der Waals surface area contributed by atoms with Crippen molar-refractivity contribution in [2.24, 2.45) is 10.7 Å². The highest BCUT2D eigenvalue weighted by Crippen LogP contribution is 2.40. The maximum absolute atomic E-state index is 13.3. The topological polar surface area (TPSA) is 41.6 Å². The molecule has 4 heteroatoms. The van der Waals surface area contributed by atoms with Crippen LogP contribution in [0.15, 0.2) is 35.3 Å². The van der Waals surface area contributed by atoms with Gasteiger partial charge in [0, 0.05) is 25.2 Å². The average Bonchev–Trinajstić information content (AvgIpc) is 2.75. The molecule has 2 N–H and O–H groups in total. The van der Waals surface area contributed by atoms with Crippen LogP contribution < -0.4 is 10.6 Å². The first-order valence-corrected chi connectivity index (χ1v) is 6.33. The van der Waals surface area contributed by atoms with Crippen molar-refractivity contribution >= 4 is 22.4 Å². The normalized spacial score (nSPS) is 19.0. The Balaban J connectivity index is 2.25. The molecule has 0 bridgehead atoms. The standard InChI is InChI=1S/C15H16FN3/c1-9-8-19(15(17)18-2)13-6-3-10-7-11(16)4-5-12(10)14(9)13/h3-7,9H,8H2,1-2H3,(H2,17,18). The van der Waals surface area contributed by atoms with Crippen molar-refractivity contribution in [2.75, 3.05) is 18.5 Å². The van der Waals surface area contributed by atoms with Crippen LogP contribution >= 0.6 is 0 Å². The summed E-state index contributed by atoms with van der Waals surface area (Å²) in [7, 11) is 1.69. The summed E-state index contributed by atoms with van der Waals surface area (Å²) in [6.45, 7) is 2.97. The third kappa shape index (κ3) is 1.75. The van der Waals surface area contributed by atoms with E-state index >= 15 is 0 Å². The first kappa shape index (κ1) is 12.0. The van der Waals surface area contributed by atoms with Crippen molar-refractivity contribution in [3.8, 4) is 0 Å². The summed E-state index contributed by atoms with van der Waals surface area (Å²) in [6, 6.07) is 8.87. The number of hydrogen-bond donors (Lipinski definition) is 1. The highest BCUT2D eigenvalue weighted by molar-refractivity contribution is 6.02. The van der Waals surface area contributed by atoms with Gasteiger partial charge in [-0.05, 0) is 34.5 Å². The number of hydrogen-bond acceptors (Lipinski definition) is 1. The molecule has 1 aliphatic heterocycles. The zero-order chi connectivity index (χ0) is 13.6. The minimum Gasteiger partial charge on any atom is -0.370 e. The number of anilines is 1. The van der Waals surface area contributed by atoms with Gasteiger partial charge in [0.05, 0.1) is 0 Å². The predicted molar refractivity (Wildman–Crippen MR) is 77.2 cm³/mol. The van der Waals surface area contributed by atoms with Crippen LogP contribution in [0, 0.1) is 5.82 Å². The molecule has 2 aromatic carbocycles. The van der Waals surface area contributed by atoms with Crippen LogP contribution in [0.2, 0.25) is 0 Å². The predicted octanol–water partition coefficient (Wildman–Crippen LogP) is 2.85. The molecule has 2 aromatic rings. The molecule has 0 amide bonds. The van der Waals surface area contributed by atoms with Gasteiger partial charge in [0.15, 0.2) is 5.96 Å². The number of nitrogens with two attached hydrogens (primary N) is 1. The first-order chi connectivity index (χ1) is 9.11. The van der Waals surface area contributed by atoms with Crippen LogP contribution in [-0.2, 0) is 0 Å². The van der Waals surface area contributed by atoms with Gasteiger partial charge < -0.3 is 10.6 Å². The minimum atomic E-state index is -0.204. The Morgan fingerprint density at radius 3 is 2.89 bits per heavy atom. The van der Waals surface area contributed by atoms with Crippen molar-refractivity contribution in [3.05, 3.63) is 41.7 Å². The van der Waals surface area contributed by atoms with E-state index in [0.29, 0.717) is 11.9 Å². The molecule has 0 radical (unpaired) electrons. The Bertz CT molecular complexity index is 678. The Morgan fingerprint density at radius 1 is 1.37 bits per heavy atom. The summed E-state index contributed by atoms with van der Waals surface area (Å²) in [5.74, 6) is 0.668. The van der Waals surface area contributed by atoms with Crippen molar-refractivity contribution in [2.45, 2.75) is 12.8 Å². The van der Waals surface area contributed by atoms with Gasteiger partial charge in [-0.1, -0.05) is 19.1 Å². The molecule has 0 fully saturated rings. The quantitative estimate of drug-likeness (QED) is 0.582. The average molecular weight is 257 g/mol. The Hall–Kier alpha value is -2.10. The zero-order valence-electron chi connectivity index (χ0n) is 11.0. The van der Waals surface area contributed by atoms with Crippen molar-refractivity contribution in [3.63, 3.8) is 0 Å². The van der Waals surface area contributed by atoms with Crippen LogP contribution in [-0.4, -0.2) is 19.6 Å². The number of benzene rings is 2. The molecule has 98 valence electrons. The molecule has 1 aliphatic rings. The number of aliphatic imine (C=N–C) groups is 1. The second-order valence-electron chi connectivity index (χ2n) is 4.96. The fourth-order valence-electron chi connectivity index (χ4n) is 2.87. The number of fused-ring (bicyclic) bond motifs is 3. The van der Waals surface area contributed by atoms with E-state index in [9.17, 15) is 4.39 Å². The summed E-state index contributed by atoms with van der Waals surface area (Å²) in [5, 5.41) is 2.03. The number of nitrogens with zero attached hydrogens (tertiary/aromatic N) is 2. The highest BCUT2D eigenvalue weighted by Gasteiger charge is 2.29. The minimum absolute atomic E-state index is 0.204. The SMILES string of the molecule is CN=C(N)N1CC(C)c2c1ccc1cc(F)ccc21. The van der Waals surface area contributed by atoms with E-state index in [1.807, 2.05) is 23.1 Å². The van der Waals surface area contributed by atoms with Crippen LogP contribution in [0.25, 0.3) is 10.8 Å². The lowest BCUT2D eigenvalue weighted by Gasteiger charge is -2.18. The van der Waals surface area contributed by atoms with Crippen LogP contribution in [0.4, 0.5) is 10.1 Å². The van der Waals surface area contributed by atoms with Crippen LogP contribution in [0.1, 0.15) is 18.4 Å². The Morgan fingerprint density at radius 2 is 2.16 bits per heavy atom. The lowest BCUT2D eigenvalue weighted by molar-refractivity contribution is 0.629. The third-order valence-corrected chi connectivity index (χ3v) is 3.75. The van der Waals surface area contributed by atoms with E-state index in [0.717, 1.165) is 23.0 Å². The fourth-order valence-corrected chi connectivity index (χ4v) is 2.87. The summed E-state index contributed by atoms with van der Waals surface area (Å²) >= 11 is 0. The second kappa shape index (κ2) is 4.23. The maximum Gasteiger partial charge on any atom is 0.195 e. The third-order valence-electron chi connectivity index (χ3n) is 3.75. The molecule has 1 unspecified atom stereocenters. The van der Waals surface area contributed by atoms with E-state index in [1.54, 1.807) is 13.1 Å².